The fourth-order valence-corrected chi connectivity index (χ4v) is 14.1. The van der Waals surface area contributed by atoms with Crippen molar-refractivity contribution in [3.8, 4) is 0 Å². The number of hydrogen-bond donors (Lipinski definition) is 1. The minimum Gasteiger partial charge on any atom is -0.460 e. The fraction of sp³-hybridized carbons (Fsp3) is 0.711. The number of alkyl halides is 1. The molecule has 1 unspecified atom stereocenters. The molecule has 4 saturated carbocycles. The van der Waals surface area contributed by atoms with E-state index in [0.29, 0.717) is 53.3 Å². The maximum atomic E-state index is 13.9. The van der Waals surface area contributed by atoms with Crippen molar-refractivity contribution >= 4 is 5.97 Å². The van der Waals surface area contributed by atoms with E-state index >= 15 is 0 Å². The summed E-state index contributed by atoms with van der Waals surface area (Å²) in [7, 11) is 0. The molecule has 0 aliphatic heterocycles. The van der Waals surface area contributed by atoms with Crippen molar-refractivity contribution < 1.29 is 13.9 Å². The van der Waals surface area contributed by atoms with Crippen LogP contribution in [0.5, 0.6) is 0 Å². The lowest BCUT2D eigenvalue weighted by Gasteiger charge is -2.72. The molecule has 4 fully saturated rings. The minimum absolute atomic E-state index is 0.00327. The summed E-state index contributed by atoms with van der Waals surface area (Å²) in [6.45, 7) is 19.6. The summed E-state index contributed by atoms with van der Waals surface area (Å²) in [5.74, 6) is 2.92. The van der Waals surface area contributed by atoms with E-state index in [1.165, 1.54) is 68.1 Å². The monoisotopic (exact) mass is 669 g/mol. The molecule has 7 rings (SSSR count). The Bertz CT molecular complexity index is 1530. The second-order valence-electron chi connectivity index (χ2n) is 19.2. The van der Waals surface area contributed by atoms with E-state index in [9.17, 15) is 9.18 Å². The molecular weight excluding hydrogens is 605 g/mol. The van der Waals surface area contributed by atoms with E-state index in [-0.39, 0.29) is 35.4 Å². The summed E-state index contributed by atoms with van der Waals surface area (Å²) in [5, 5.41) is 0. The largest absolute Gasteiger partial charge is 0.460 e. The fourth-order valence-electron chi connectivity index (χ4n) is 14.1. The number of nitrogens with two attached hydrogens (primary N) is 1. The van der Waals surface area contributed by atoms with Crippen LogP contribution in [0.15, 0.2) is 65.8 Å². The molecule has 0 heterocycles. The zero-order valence-electron chi connectivity index (χ0n) is 31.5. The Morgan fingerprint density at radius 3 is 2.33 bits per heavy atom. The smallest absolute Gasteiger partial charge is 0.312 e. The van der Waals surface area contributed by atoms with Crippen LogP contribution in [-0.4, -0.2) is 18.2 Å². The van der Waals surface area contributed by atoms with Crippen LogP contribution < -0.4 is 5.73 Å². The number of allylic oxidation sites excluding steroid dienone is 5. The standard InChI is InChI=1S/C45H64FNO2/c1-30(2)33-17-24-45(47)26-25-42(6)35(38(33)45)13-14-37-41(5)20-18-34(40(3,4)36(41)19-21-43(37,42)7)32-15-22-44(23-16-32,27-28-46)39(48)49-29-31-11-9-8-10-12-31/h8-12,15,18,33,35-38H,1,13-14,16-17,19-29,47H2,2-7H3/t33?,35-,36+,37-,38-,41+,42-,43-,44-,45+/m1/s1. The number of halogens is 1. The molecule has 49 heavy (non-hydrogen) atoms. The van der Waals surface area contributed by atoms with Crippen molar-refractivity contribution in [2.45, 2.75) is 137 Å². The molecule has 2 N–H and O–H groups in total. The van der Waals surface area contributed by atoms with Crippen LogP contribution in [0.4, 0.5) is 4.39 Å². The highest BCUT2D eigenvalue weighted by Gasteiger charge is 2.70. The number of rotatable bonds is 7. The zero-order chi connectivity index (χ0) is 35.0. The molecule has 0 radical (unpaired) electrons. The highest BCUT2D eigenvalue weighted by Crippen LogP contribution is 2.76. The Morgan fingerprint density at radius 1 is 0.898 bits per heavy atom. The van der Waals surface area contributed by atoms with Crippen molar-refractivity contribution in [2.24, 2.45) is 62.4 Å². The molecule has 10 atom stereocenters. The second kappa shape index (κ2) is 12.2. The van der Waals surface area contributed by atoms with Gasteiger partial charge < -0.3 is 10.5 Å². The maximum Gasteiger partial charge on any atom is 0.312 e. The van der Waals surface area contributed by atoms with E-state index in [1.54, 1.807) is 0 Å². The van der Waals surface area contributed by atoms with Gasteiger partial charge in [-0.15, -0.1) is 0 Å². The molecule has 4 heteroatoms. The average molecular weight is 670 g/mol. The summed E-state index contributed by atoms with van der Waals surface area (Å²) >= 11 is 0. The first kappa shape index (κ1) is 35.2. The highest BCUT2D eigenvalue weighted by molar-refractivity contribution is 5.77. The third-order valence-electron chi connectivity index (χ3n) is 16.9. The number of fused-ring (bicyclic) bond motifs is 7. The third kappa shape index (κ3) is 5.22. The van der Waals surface area contributed by atoms with Crippen LogP contribution in [-0.2, 0) is 16.1 Å². The van der Waals surface area contributed by atoms with Gasteiger partial charge in [0.25, 0.3) is 0 Å². The van der Waals surface area contributed by atoms with Gasteiger partial charge in [0.05, 0.1) is 12.1 Å². The van der Waals surface area contributed by atoms with E-state index in [2.05, 4.69) is 60.3 Å². The van der Waals surface area contributed by atoms with Crippen molar-refractivity contribution in [2.75, 3.05) is 6.67 Å². The predicted octanol–water partition coefficient (Wildman–Crippen LogP) is 11.1. The summed E-state index contributed by atoms with van der Waals surface area (Å²) in [6.07, 6.45) is 18.3. The van der Waals surface area contributed by atoms with Crippen molar-refractivity contribution in [1.82, 2.24) is 0 Å². The van der Waals surface area contributed by atoms with Crippen LogP contribution in [0.2, 0.25) is 0 Å². The van der Waals surface area contributed by atoms with Gasteiger partial charge in [-0.05, 0) is 158 Å². The number of benzene rings is 1. The number of ether oxygens (including phenoxy) is 1. The number of carbonyl (C=O) groups is 1. The molecule has 0 bridgehead atoms. The third-order valence-corrected chi connectivity index (χ3v) is 16.9. The van der Waals surface area contributed by atoms with Crippen molar-refractivity contribution in [1.29, 1.82) is 0 Å². The van der Waals surface area contributed by atoms with Gasteiger partial charge in [0, 0.05) is 5.54 Å². The molecule has 0 saturated heterocycles. The van der Waals surface area contributed by atoms with Crippen molar-refractivity contribution in [3.05, 3.63) is 71.3 Å². The van der Waals surface area contributed by atoms with Gasteiger partial charge in [-0.25, -0.2) is 0 Å². The molecule has 1 aromatic carbocycles. The Morgan fingerprint density at radius 2 is 1.65 bits per heavy atom. The Balaban J connectivity index is 1.13. The van der Waals surface area contributed by atoms with Gasteiger partial charge in [0.15, 0.2) is 0 Å². The molecule has 3 nitrogen and oxygen atoms in total. The number of esters is 1. The van der Waals surface area contributed by atoms with Crippen LogP contribution in [0.1, 0.15) is 131 Å². The first-order chi connectivity index (χ1) is 23.2. The lowest BCUT2D eigenvalue weighted by Crippen LogP contribution is -2.67. The highest BCUT2D eigenvalue weighted by atomic mass is 19.1. The summed E-state index contributed by atoms with van der Waals surface area (Å²) < 4.78 is 19.8. The molecule has 0 amide bonds. The molecule has 0 spiro atoms. The van der Waals surface area contributed by atoms with Gasteiger partial charge in [0.2, 0.25) is 0 Å². The van der Waals surface area contributed by atoms with Gasteiger partial charge in [-0.2, -0.15) is 0 Å². The number of carbonyl (C=O) groups excluding carboxylic acids is 1. The Kier molecular flexibility index (Phi) is 8.77. The Labute approximate surface area is 296 Å². The maximum absolute atomic E-state index is 13.9. The number of hydrogen-bond acceptors (Lipinski definition) is 3. The minimum atomic E-state index is -0.773. The van der Waals surface area contributed by atoms with Crippen molar-refractivity contribution in [3.63, 3.8) is 0 Å². The van der Waals surface area contributed by atoms with Crippen LogP contribution >= 0.6 is 0 Å². The first-order valence-corrected chi connectivity index (χ1v) is 19.8. The predicted molar refractivity (Wildman–Crippen MR) is 198 cm³/mol. The van der Waals surface area contributed by atoms with E-state index in [4.69, 9.17) is 10.5 Å². The van der Waals surface area contributed by atoms with Crippen LogP contribution in [0.25, 0.3) is 0 Å². The average Bonchev–Trinajstić information content (AvgIpc) is 3.43. The van der Waals surface area contributed by atoms with Gasteiger partial charge in [-0.1, -0.05) is 89.3 Å². The van der Waals surface area contributed by atoms with Gasteiger partial charge >= 0.3 is 5.97 Å². The van der Waals surface area contributed by atoms with E-state index in [0.717, 1.165) is 18.4 Å². The lowest BCUT2D eigenvalue weighted by molar-refractivity contribution is -0.219. The Hall–Kier alpha value is -2.20. The summed E-state index contributed by atoms with van der Waals surface area (Å²) in [4.78, 5) is 13.5. The first-order valence-electron chi connectivity index (χ1n) is 19.8. The normalized spacial score (nSPS) is 44.0. The molecular formula is C45H64FNO2. The quantitative estimate of drug-likeness (QED) is 0.232. The second-order valence-corrected chi connectivity index (χ2v) is 19.2. The van der Waals surface area contributed by atoms with E-state index in [1.807, 2.05) is 30.3 Å². The summed E-state index contributed by atoms with van der Waals surface area (Å²) in [5.41, 5.74) is 12.7. The molecule has 0 aromatic heterocycles. The van der Waals surface area contributed by atoms with E-state index < -0.39 is 12.1 Å². The van der Waals surface area contributed by atoms with Crippen LogP contribution in [0, 0.1) is 56.7 Å². The topological polar surface area (TPSA) is 52.3 Å². The molecule has 268 valence electrons. The lowest BCUT2D eigenvalue weighted by atomic mass is 9.33. The van der Waals surface area contributed by atoms with Gasteiger partial charge in [-0.3, -0.25) is 9.18 Å². The summed E-state index contributed by atoms with van der Waals surface area (Å²) in [6, 6.07) is 9.79. The molecule has 6 aliphatic rings. The van der Waals surface area contributed by atoms with Gasteiger partial charge in [0.1, 0.15) is 6.61 Å². The zero-order valence-corrected chi connectivity index (χ0v) is 31.5. The molecule has 1 aromatic rings. The van der Waals surface area contributed by atoms with Crippen LogP contribution in [0.3, 0.4) is 0 Å². The molecule has 6 aliphatic carbocycles. The SMILES string of the molecule is C=C(C)C1CC[C@]2(N)CC[C@]3(C)[C@H](CC[C@@H]4[C@@]5(C)CC=C(C6=CC[C@@](CCF)(C(=O)OCc7ccccc7)CC6)C(C)(C)[C@@H]5CC[C@]43C)[C@@H]12.